The number of likely N-dealkylation sites (N-methyl/N-ethyl adjacent to an activating group) is 1. The summed E-state index contributed by atoms with van der Waals surface area (Å²) in [6.45, 7) is 14.0. The van der Waals surface area contributed by atoms with E-state index in [9.17, 15) is 5.11 Å². The molecule has 2 aliphatic heterocycles. The molecule has 0 spiro atoms. The molecule has 1 aromatic rings. The average molecular weight is 348 g/mol. The molecular formula is C19H33N5O. The van der Waals surface area contributed by atoms with Gasteiger partial charge in [0.1, 0.15) is 11.6 Å². The Kier molecular flexibility index (Phi) is 5.92. The van der Waals surface area contributed by atoms with Gasteiger partial charge in [0.15, 0.2) is 0 Å². The third kappa shape index (κ3) is 4.30. The first-order valence-electron chi connectivity index (χ1n) is 9.56. The van der Waals surface area contributed by atoms with Crippen LogP contribution in [0.1, 0.15) is 23.5 Å². The zero-order valence-corrected chi connectivity index (χ0v) is 16.2. The number of aliphatic hydroxyl groups is 1. The second-order valence-electron chi connectivity index (χ2n) is 7.87. The molecule has 140 valence electrons. The number of hydrogen-bond acceptors (Lipinski definition) is 6. The lowest BCUT2D eigenvalue weighted by Crippen LogP contribution is -2.36. The van der Waals surface area contributed by atoms with Crippen molar-refractivity contribution in [3.63, 3.8) is 0 Å². The van der Waals surface area contributed by atoms with Gasteiger partial charge < -0.3 is 19.8 Å². The van der Waals surface area contributed by atoms with Crippen molar-refractivity contribution < 1.29 is 5.11 Å². The van der Waals surface area contributed by atoms with E-state index in [1.54, 1.807) is 0 Å². The van der Waals surface area contributed by atoms with Gasteiger partial charge in [0.25, 0.3) is 0 Å². The van der Waals surface area contributed by atoms with E-state index >= 15 is 0 Å². The van der Waals surface area contributed by atoms with Gasteiger partial charge in [-0.2, -0.15) is 0 Å². The number of aryl methyl sites for hydroxylation is 2. The van der Waals surface area contributed by atoms with Crippen molar-refractivity contribution in [3.8, 4) is 0 Å². The highest BCUT2D eigenvalue weighted by molar-refractivity contribution is 5.49. The molecule has 0 aliphatic carbocycles. The van der Waals surface area contributed by atoms with Gasteiger partial charge in [0, 0.05) is 56.5 Å². The first-order chi connectivity index (χ1) is 12.0. The van der Waals surface area contributed by atoms with Crippen LogP contribution in [0.3, 0.4) is 0 Å². The molecule has 0 unspecified atom stereocenters. The zero-order valence-electron chi connectivity index (χ0n) is 16.2. The molecule has 1 aromatic heterocycles. The van der Waals surface area contributed by atoms with Gasteiger partial charge >= 0.3 is 0 Å². The Morgan fingerprint density at radius 3 is 2.52 bits per heavy atom. The molecule has 2 fully saturated rings. The van der Waals surface area contributed by atoms with E-state index in [0.29, 0.717) is 11.8 Å². The van der Waals surface area contributed by atoms with Crippen molar-refractivity contribution in [2.24, 2.45) is 11.8 Å². The summed E-state index contributed by atoms with van der Waals surface area (Å²) in [7, 11) is 2.21. The maximum Gasteiger partial charge on any atom is 0.135 e. The normalized spacial score (nSPS) is 26.2. The molecule has 0 radical (unpaired) electrons. The minimum absolute atomic E-state index is 0.261. The molecule has 3 heterocycles. The summed E-state index contributed by atoms with van der Waals surface area (Å²) in [5.41, 5.74) is 2.22. The van der Waals surface area contributed by atoms with E-state index in [2.05, 4.69) is 40.6 Å². The summed E-state index contributed by atoms with van der Waals surface area (Å²) in [5, 5.41) is 9.92. The molecule has 3 rings (SSSR count). The van der Waals surface area contributed by atoms with Crippen molar-refractivity contribution in [1.29, 1.82) is 0 Å². The maximum absolute atomic E-state index is 9.92. The molecule has 6 nitrogen and oxygen atoms in total. The number of rotatable bonds is 4. The van der Waals surface area contributed by atoms with E-state index in [4.69, 9.17) is 4.98 Å². The van der Waals surface area contributed by atoms with Crippen molar-refractivity contribution in [3.05, 3.63) is 17.1 Å². The smallest absolute Gasteiger partial charge is 0.135 e. The number of hydrogen-bond donors (Lipinski definition) is 1. The molecule has 2 saturated heterocycles. The van der Waals surface area contributed by atoms with Gasteiger partial charge in [-0.05, 0) is 53.2 Å². The molecule has 0 saturated carbocycles. The second-order valence-corrected chi connectivity index (χ2v) is 7.87. The molecule has 6 heteroatoms. The van der Waals surface area contributed by atoms with E-state index < -0.39 is 0 Å². The lowest BCUT2D eigenvalue weighted by atomic mass is 9.96. The molecule has 2 aliphatic rings. The summed E-state index contributed by atoms with van der Waals surface area (Å²) in [6.07, 6.45) is 1.24. The highest BCUT2D eigenvalue weighted by Crippen LogP contribution is 2.30. The van der Waals surface area contributed by atoms with Crippen LogP contribution in [0.15, 0.2) is 0 Å². The van der Waals surface area contributed by atoms with Crippen LogP contribution in [-0.2, 0) is 0 Å². The van der Waals surface area contributed by atoms with Crippen molar-refractivity contribution in [2.45, 2.75) is 27.2 Å². The van der Waals surface area contributed by atoms with Crippen LogP contribution in [0, 0.1) is 32.6 Å². The lowest BCUT2D eigenvalue weighted by molar-refractivity contribution is 0.165. The van der Waals surface area contributed by atoms with Gasteiger partial charge in [0.05, 0.1) is 0 Å². The fourth-order valence-electron chi connectivity index (χ4n) is 4.20. The van der Waals surface area contributed by atoms with Crippen molar-refractivity contribution in [1.82, 2.24) is 19.8 Å². The number of anilines is 1. The van der Waals surface area contributed by atoms with E-state index in [1.165, 1.54) is 25.1 Å². The van der Waals surface area contributed by atoms with Crippen LogP contribution >= 0.6 is 0 Å². The molecular weight excluding hydrogens is 314 g/mol. The summed E-state index contributed by atoms with van der Waals surface area (Å²) >= 11 is 0. The van der Waals surface area contributed by atoms with Crippen LogP contribution in [0.5, 0.6) is 0 Å². The third-order valence-electron chi connectivity index (χ3n) is 5.89. The quantitative estimate of drug-likeness (QED) is 0.880. The number of aromatic nitrogens is 2. The summed E-state index contributed by atoms with van der Waals surface area (Å²) in [5.74, 6) is 2.72. The Labute approximate surface area is 151 Å². The predicted molar refractivity (Wildman–Crippen MR) is 101 cm³/mol. The largest absolute Gasteiger partial charge is 0.396 e. The summed E-state index contributed by atoms with van der Waals surface area (Å²) in [4.78, 5) is 16.5. The molecule has 1 N–H and O–H groups in total. The molecule has 25 heavy (non-hydrogen) atoms. The van der Waals surface area contributed by atoms with Gasteiger partial charge in [-0.25, -0.2) is 9.97 Å². The highest BCUT2D eigenvalue weighted by atomic mass is 16.3. The Hall–Kier alpha value is -1.24. The Bertz CT molecular complexity index is 593. The molecule has 0 aromatic carbocycles. The standard InChI is InChI=1S/C19H33N5O/c1-14-15(2)20-16(3)21-19(14)24-11-17(18(12-24)13-25)10-23-7-5-6-22(4)8-9-23/h17-18,25H,5-13H2,1-4H3/t17-,18-/m1/s1. The molecule has 0 bridgehead atoms. The Morgan fingerprint density at radius 1 is 1.00 bits per heavy atom. The average Bonchev–Trinajstić information content (AvgIpc) is 2.86. The SMILES string of the molecule is Cc1nc(C)c(C)c(N2C[C@@H](CN3CCCN(C)CC3)[C@@H](CO)C2)n1. The minimum Gasteiger partial charge on any atom is -0.396 e. The van der Waals surface area contributed by atoms with Crippen molar-refractivity contribution in [2.75, 3.05) is 64.4 Å². The molecule has 2 atom stereocenters. The van der Waals surface area contributed by atoms with Crippen LogP contribution in [-0.4, -0.2) is 84.3 Å². The van der Waals surface area contributed by atoms with Crippen LogP contribution in [0.25, 0.3) is 0 Å². The fraction of sp³-hybridized carbons (Fsp3) is 0.789. The monoisotopic (exact) mass is 347 g/mol. The lowest BCUT2D eigenvalue weighted by Gasteiger charge is -2.26. The predicted octanol–water partition coefficient (Wildman–Crippen LogP) is 1.08. The van der Waals surface area contributed by atoms with Gasteiger partial charge in [-0.1, -0.05) is 0 Å². The fourth-order valence-corrected chi connectivity index (χ4v) is 4.20. The number of nitrogens with zero attached hydrogens (tertiary/aromatic N) is 5. The van der Waals surface area contributed by atoms with E-state index in [0.717, 1.165) is 50.1 Å². The first kappa shape index (κ1) is 18.5. The van der Waals surface area contributed by atoms with Gasteiger partial charge in [-0.3, -0.25) is 0 Å². The second kappa shape index (κ2) is 7.98. The third-order valence-corrected chi connectivity index (χ3v) is 5.89. The highest BCUT2D eigenvalue weighted by Gasteiger charge is 2.35. The van der Waals surface area contributed by atoms with Crippen molar-refractivity contribution >= 4 is 5.82 Å². The van der Waals surface area contributed by atoms with Gasteiger partial charge in [-0.15, -0.1) is 0 Å². The summed E-state index contributed by atoms with van der Waals surface area (Å²) in [6, 6.07) is 0. The van der Waals surface area contributed by atoms with E-state index in [1.807, 2.05) is 6.92 Å². The minimum atomic E-state index is 0.261. The first-order valence-corrected chi connectivity index (χ1v) is 9.56. The Balaban J connectivity index is 1.70. The topological polar surface area (TPSA) is 55.7 Å². The van der Waals surface area contributed by atoms with Crippen LogP contribution in [0.4, 0.5) is 5.82 Å². The van der Waals surface area contributed by atoms with Gasteiger partial charge in [0.2, 0.25) is 0 Å². The number of aliphatic hydroxyl groups excluding tert-OH is 1. The zero-order chi connectivity index (χ0) is 18.0. The van der Waals surface area contributed by atoms with E-state index in [-0.39, 0.29) is 6.61 Å². The molecule has 0 amide bonds. The summed E-state index contributed by atoms with van der Waals surface area (Å²) < 4.78 is 0. The Morgan fingerprint density at radius 2 is 1.76 bits per heavy atom. The van der Waals surface area contributed by atoms with Crippen LogP contribution < -0.4 is 4.90 Å². The maximum atomic E-state index is 9.92. The van der Waals surface area contributed by atoms with Crippen LogP contribution in [0.2, 0.25) is 0 Å².